The van der Waals surface area contributed by atoms with Gasteiger partial charge in [0.25, 0.3) is 0 Å². The molecule has 0 aliphatic carbocycles. The molecule has 0 radical (unpaired) electrons. The van der Waals surface area contributed by atoms with Crippen LogP contribution in [0.4, 0.5) is 0 Å². The van der Waals surface area contributed by atoms with Crippen molar-refractivity contribution in [2.75, 3.05) is 6.61 Å². The van der Waals surface area contributed by atoms with Crippen LogP contribution in [-0.2, 0) is 7.05 Å². The molecule has 0 aliphatic rings. The lowest BCUT2D eigenvalue weighted by molar-refractivity contribution is -0.670. The third kappa shape index (κ3) is 3.18. The highest BCUT2D eigenvalue weighted by Gasteiger charge is 2.00. The van der Waals surface area contributed by atoms with Crippen LogP contribution in [0.15, 0.2) is 36.7 Å². The van der Waals surface area contributed by atoms with Crippen molar-refractivity contribution in [3.63, 3.8) is 0 Å². The summed E-state index contributed by atoms with van der Waals surface area (Å²) in [5, 5.41) is 2.45. The Morgan fingerprint density at radius 2 is 1.94 bits per heavy atom. The molecule has 0 amide bonds. The minimum absolute atomic E-state index is 0. The topological polar surface area (TPSA) is 44.6 Å². The van der Waals surface area contributed by atoms with Crippen molar-refractivity contribution in [3.05, 3.63) is 36.7 Å². The second kappa shape index (κ2) is 6.45. The van der Waals surface area contributed by atoms with Gasteiger partial charge in [0, 0.05) is 11.5 Å². The van der Waals surface area contributed by atoms with E-state index in [-0.39, 0.29) is 22.5 Å². The third-order valence-corrected chi connectivity index (χ3v) is 2.20. The Morgan fingerprint density at radius 1 is 1.19 bits per heavy atom. The van der Waals surface area contributed by atoms with Gasteiger partial charge in [0.2, 0.25) is 0 Å². The number of aromatic nitrogens is 1. The summed E-state index contributed by atoms with van der Waals surface area (Å²) in [4.78, 5) is 0. The van der Waals surface area contributed by atoms with Crippen molar-refractivity contribution in [1.29, 1.82) is 0 Å². The molecular weight excluding hydrogens is 270 g/mol. The summed E-state index contributed by atoms with van der Waals surface area (Å²) in [6, 6.07) is 8.25. The van der Waals surface area contributed by atoms with Crippen LogP contribution in [-0.4, -0.2) is 12.1 Å². The van der Waals surface area contributed by atoms with E-state index >= 15 is 0 Å². The molecule has 0 saturated carbocycles. The monoisotopic (exact) mass is 285 g/mol. The van der Waals surface area contributed by atoms with Crippen LogP contribution in [0.1, 0.15) is 6.92 Å². The second-order valence-electron chi connectivity index (χ2n) is 3.33. The molecule has 88 valence electrons. The molecular formula is C12H16BrNO2. The lowest BCUT2D eigenvalue weighted by Gasteiger charge is -2.03. The van der Waals surface area contributed by atoms with Crippen molar-refractivity contribution in [2.45, 2.75) is 6.92 Å². The van der Waals surface area contributed by atoms with Gasteiger partial charge in [-0.1, -0.05) is 0 Å². The lowest BCUT2D eigenvalue weighted by Crippen LogP contribution is -3.00. The molecule has 0 spiro atoms. The van der Waals surface area contributed by atoms with Crippen LogP contribution >= 0.6 is 0 Å². The van der Waals surface area contributed by atoms with E-state index in [1.165, 1.54) is 10.8 Å². The Kier molecular flexibility index (Phi) is 6.00. The number of halogens is 1. The highest BCUT2D eigenvalue weighted by Crippen LogP contribution is 2.18. The summed E-state index contributed by atoms with van der Waals surface area (Å²) in [7, 11) is 2.02. The molecule has 0 fully saturated rings. The number of fused-ring (bicyclic) bond motifs is 1. The fourth-order valence-corrected chi connectivity index (χ4v) is 1.53. The van der Waals surface area contributed by atoms with Gasteiger partial charge in [-0.2, -0.15) is 0 Å². The maximum atomic E-state index is 5.44. The zero-order valence-corrected chi connectivity index (χ0v) is 11.0. The summed E-state index contributed by atoms with van der Waals surface area (Å²) in [6.07, 6.45) is 4.14. The first-order valence-corrected chi connectivity index (χ1v) is 4.81. The summed E-state index contributed by atoms with van der Waals surface area (Å²) in [5.74, 6) is 0.939. The number of benzene rings is 1. The second-order valence-corrected chi connectivity index (χ2v) is 3.33. The standard InChI is InChI=1S/C12H14NO.BrH.H2O/c1-3-14-12-5-4-11-9-13(2)7-6-10(11)8-12;;/h4-9H,3H2,1-2H3;1H;1H2/q+1;;/p-1. The molecule has 2 aromatic rings. The molecule has 2 N–H and O–H groups in total. The number of hydrogen-bond donors (Lipinski definition) is 0. The molecule has 1 aromatic carbocycles. The maximum absolute atomic E-state index is 5.44. The molecule has 0 atom stereocenters. The van der Waals surface area contributed by atoms with Crippen molar-refractivity contribution in [1.82, 2.24) is 0 Å². The van der Waals surface area contributed by atoms with Gasteiger partial charge in [-0.05, 0) is 30.5 Å². The van der Waals surface area contributed by atoms with E-state index in [0.29, 0.717) is 6.61 Å². The first-order valence-electron chi connectivity index (χ1n) is 4.81. The molecule has 0 bridgehead atoms. The van der Waals surface area contributed by atoms with Crippen LogP contribution in [0.25, 0.3) is 10.8 Å². The Hall–Kier alpha value is -1.13. The van der Waals surface area contributed by atoms with Crippen LogP contribution in [0.3, 0.4) is 0 Å². The van der Waals surface area contributed by atoms with Gasteiger partial charge in [-0.15, -0.1) is 0 Å². The normalized spacial score (nSPS) is 9.12. The molecule has 16 heavy (non-hydrogen) atoms. The van der Waals surface area contributed by atoms with Crippen molar-refractivity contribution < 1.29 is 31.8 Å². The highest BCUT2D eigenvalue weighted by molar-refractivity contribution is 5.82. The van der Waals surface area contributed by atoms with Gasteiger partial charge in [-0.3, -0.25) is 0 Å². The van der Waals surface area contributed by atoms with Crippen molar-refractivity contribution >= 4 is 10.8 Å². The number of rotatable bonds is 2. The zero-order valence-electron chi connectivity index (χ0n) is 9.40. The number of hydrogen-bond acceptors (Lipinski definition) is 1. The van der Waals surface area contributed by atoms with Gasteiger partial charge in [0.1, 0.15) is 12.8 Å². The number of nitrogens with zero attached hydrogens (tertiary/aromatic N) is 1. The van der Waals surface area contributed by atoms with Gasteiger partial charge < -0.3 is 27.2 Å². The van der Waals surface area contributed by atoms with Crippen molar-refractivity contribution in [3.8, 4) is 5.75 Å². The van der Waals surface area contributed by atoms with Gasteiger partial charge in [0.05, 0.1) is 6.61 Å². The fourth-order valence-electron chi connectivity index (χ4n) is 1.53. The van der Waals surface area contributed by atoms with Crippen molar-refractivity contribution in [2.24, 2.45) is 7.05 Å². The smallest absolute Gasteiger partial charge is 0.176 e. The Morgan fingerprint density at radius 3 is 2.62 bits per heavy atom. The molecule has 1 heterocycles. The van der Waals surface area contributed by atoms with E-state index in [1.807, 2.05) is 30.8 Å². The molecule has 0 unspecified atom stereocenters. The minimum Gasteiger partial charge on any atom is -1.00 e. The Balaban J connectivity index is 0.00000112. The van der Waals surface area contributed by atoms with E-state index < -0.39 is 0 Å². The summed E-state index contributed by atoms with van der Waals surface area (Å²) < 4.78 is 7.48. The predicted octanol–water partition coefficient (Wildman–Crippen LogP) is -1.76. The average Bonchev–Trinajstić information content (AvgIpc) is 2.19. The van der Waals surface area contributed by atoms with Crippen LogP contribution in [0, 0.1) is 0 Å². The van der Waals surface area contributed by atoms with E-state index in [9.17, 15) is 0 Å². The van der Waals surface area contributed by atoms with E-state index in [1.54, 1.807) is 0 Å². The van der Waals surface area contributed by atoms with Gasteiger partial charge in [-0.25, -0.2) is 4.57 Å². The quantitative estimate of drug-likeness (QED) is 0.603. The third-order valence-electron chi connectivity index (χ3n) is 2.20. The average molecular weight is 286 g/mol. The number of pyridine rings is 1. The zero-order chi connectivity index (χ0) is 9.97. The number of ether oxygens (including phenoxy) is 1. The highest BCUT2D eigenvalue weighted by atomic mass is 79.9. The first kappa shape index (κ1) is 14.9. The lowest BCUT2D eigenvalue weighted by atomic mass is 10.2. The maximum Gasteiger partial charge on any atom is 0.176 e. The van der Waals surface area contributed by atoms with E-state index in [4.69, 9.17) is 4.74 Å². The predicted molar refractivity (Wildman–Crippen MR) is 59.9 cm³/mol. The summed E-state index contributed by atoms with van der Waals surface area (Å²) in [6.45, 7) is 2.71. The Labute approximate surface area is 106 Å². The minimum atomic E-state index is 0. The largest absolute Gasteiger partial charge is 1.00 e. The molecule has 0 saturated heterocycles. The molecule has 3 nitrogen and oxygen atoms in total. The van der Waals surface area contributed by atoms with Gasteiger partial charge in [0.15, 0.2) is 12.4 Å². The van der Waals surface area contributed by atoms with Crippen LogP contribution in [0.5, 0.6) is 5.75 Å². The van der Waals surface area contributed by atoms with E-state index in [2.05, 4.69) is 24.4 Å². The molecule has 2 rings (SSSR count). The molecule has 0 aliphatic heterocycles. The van der Waals surface area contributed by atoms with Crippen LogP contribution < -0.4 is 26.3 Å². The van der Waals surface area contributed by atoms with Crippen LogP contribution in [0.2, 0.25) is 0 Å². The molecule has 4 heteroatoms. The summed E-state index contributed by atoms with van der Waals surface area (Å²) >= 11 is 0. The number of aryl methyl sites for hydroxylation is 1. The van der Waals surface area contributed by atoms with E-state index in [0.717, 1.165) is 5.75 Å². The molecule has 1 aromatic heterocycles. The fraction of sp³-hybridized carbons (Fsp3) is 0.250. The Bertz CT molecular complexity index is 460. The SMILES string of the molecule is CCOc1ccc2c[n+](C)ccc2c1.O.[Br-]. The first-order chi connectivity index (χ1) is 6.79. The summed E-state index contributed by atoms with van der Waals surface area (Å²) in [5.41, 5.74) is 0. The van der Waals surface area contributed by atoms with Gasteiger partial charge >= 0.3 is 0 Å².